The zero-order valence-corrected chi connectivity index (χ0v) is 19.5. The fourth-order valence-corrected chi connectivity index (χ4v) is 5.18. The number of pyridine rings is 1. The summed E-state index contributed by atoms with van der Waals surface area (Å²) in [6.07, 6.45) is 6.27. The first kappa shape index (κ1) is 22.5. The number of rotatable bonds is 6. The number of benzene rings is 2. The van der Waals surface area contributed by atoms with E-state index in [9.17, 15) is 9.59 Å². The Morgan fingerprint density at radius 2 is 1.76 bits per heavy atom. The van der Waals surface area contributed by atoms with Crippen molar-refractivity contribution in [1.29, 1.82) is 0 Å². The van der Waals surface area contributed by atoms with Crippen LogP contribution < -0.4 is 5.32 Å². The van der Waals surface area contributed by atoms with Crippen molar-refractivity contribution in [2.45, 2.75) is 57.7 Å². The van der Waals surface area contributed by atoms with Crippen LogP contribution in [-0.4, -0.2) is 41.0 Å². The fourth-order valence-electron chi connectivity index (χ4n) is 5.18. The van der Waals surface area contributed by atoms with Crippen molar-refractivity contribution in [2.75, 3.05) is 13.2 Å². The number of carbonyl (C=O) groups is 2. The molecule has 0 atom stereocenters. The number of amides is 1. The van der Waals surface area contributed by atoms with Crippen molar-refractivity contribution in [3.8, 4) is 0 Å². The van der Waals surface area contributed by atoms with Gasteiger partial charge in [-0.3, -0.25) is 14.7 Å². The number of aromatic nitrogens is 1. The largest absolute Gasteiger partial charge is 0.452 e. The fraction of sp³-hybridized carbons (Fsp3) is 0.393. The molecule has 1 amide bonds. The predicted octanol–water partition coefficient (Wildman–Crippen LogP) is 4.40. The molecule has 6 nitrogen and oxygen atoms in total. The van der Waals surface area contributed by atoms with Crippen LogP contribution >= 0.6 is 0 Å². The summed E-state index contributed by atoms with van der Waals surface area (Å²) in [5.74, 6) is -0.673. The third-order valence-corrected chi connectivity index (χ3v) is 6.88. The van der Waals surface area contributed by atoms with Gasteiger partial charge in [-0.1, -0.05) is 67.8 Å². The molecular weight excluding hydrogens is 426 g/mol. The molecule has 0 bridgehead atoms. The van der Waals surface area contributed by atoms with Gasteiger partial charge >= 0.3 is 5.97 Å². The second kappa shape index (κ2) is 10.3. The van der Waals surface area contributed by atoms with Crippen molar-refractivity contribution < 1.29 is 14.3 Å². The summed E-state index contributed by atoms with van der Waals surface area (Å²) in [7, 11) is 0. The Hall–Kier alpha value is -3.25. The van der Waals surface area contributed by atoms with Crippen LogP contribution in [0.3, 0.4) is 0 Å². The molecule has 1 fully saturated rings. The zero-order valence-electron chi connectivity index (χ0n) is 19.5. The Balaban J connectivity index is 1.35. The molecule has 34 heavy (non-hydrogen) atoms. The van der Waals surface area contributed by atoms with Gasteiger partial charge in [0.1, 0.15) is 0 Å². The Morgan fingerprint density at radius 1 is 1.00 bits per heavy atom. The van der Waals surface area contributed by atoms with Crippen LogP contribution in [0.4, 0.5) is 0 Å². The average molecular weight is 458 g/mol. The highest BCUT2D eigenvalue weighted by molar-refractivity contribution is 6.05. The first-order valence-corrected chi connectivity index (χ1v) is 12.3. The van der Waals surface area contributed by atoms with Crippen LogP contribution in [0.25, 0.3) is 10.9 Å². The lowest BCUT2D eigenvalue weighted by atomic mass is 9.95. The van der Waals surface area contributed by atoms with Gasteiger partial charge in [-0.05, 0) is 24.5 Å². The molecule has 1 aliphatic heterocycles. The van der Waals surface area contributed by atoms with Crippen molar-refractivity contribution in [3.63, 3.8) is 0 Å². The van der Waals surface area contributed by atoms with Gasteiger partial charge in [0.25, 0.3) is 5.91 Å². The number of hydrogen-bond acceptors (Lipinski definition) is 5. The van der Waals surface area contributed by atoms with Gasteiger partial charge in [-0.2, -0.15) is 0 Å². The molecule has 1 aliphatic carbocycles. The van der Waals surface area contributed by atoms with E-state index < -0.39 is 5.97 Å². The lowest BCUT2D eigenvalue weighted by Crippen LogP contribution is -2.39. The van der Waals surface area contributed by atoms with E-state index in [2.05, 4.69) is 22.3 Å². The molecular formula is C28H31N3O3. The van der Waals surface area contributed by atoms with Crippen molar-refractivity contribution >= 4 is 22.8 Å². The number of para-hydroxylation sites is 1. The molecule has 1 aromatic heterocycles. The van der Waals surface area contributed by atoms with E-state index in [4.69, 9.17) is 9.72 Å². The van der Waals surface area contributed by atoms with E-state index in [0.717, 1.165) is 67.4 Å². The summed E-state index contributed by atoms with van der Waals surface area (Å²) in [4.78, 5) is 33.0. The zero-order chi connectivity index (χ0) is 23.3. The SMILES string of the molecule is O=C(COC(=O)c1c2c(nc3ccccc13)CCN(Cc1ccccc1)C2)NC1CCCCC1. The predicted molar refractivity (Wildman–Crippen MR) is 131 cm³/mol. The van der Waals surface area contributed by atoms with Crippen molar-refractivity contribution in [3.05, 3.63) is 77.0 Å². The molecule has 1 N–H and O–H groups in total. The van der Waals surface area contributed by atoms with E-state index in [1.54, 1.807) is 0 Å². The third-order valence-electron chi connectivity index (χ3n) is 6.88. The molecule has 5 rings (SSSR count). The standard InChI is InChI=1S/C28H31N3O3/c32-26(29-21-11-5-2-6-12-21)19-34-28(33)27-22-13-7-8-14-24(22)30-25-15-16-31(18-23(25)27)17-20-9-3-1-4-10-20/h1,3-4,7-10,13-14,21H,2,5-6,11-12,15-19H2,(H,29,32). The summed E-state index contributed by atoms with van der Waals surface area (Å²) in [5.41, 5.74) is 4.43. The minimum Gasteiger partial charge on any atom is -0.452 e. The first-order chi connectivity index (χ1) is 16.7. The average Bonchev–Trinajstić information content (AvgIpc) is 2.87. The van der Waals surface area contributed by atoms with Crippen LogP contribution in [0.1, 0.15) is 59.3 Å². The van der Waals surface area contributed by atoms with E-state index >= 15 is 0 Å². The smallest absolute Gasteiger partial charge is 0.339 e. The number of carbonyl (C=O) groups excluding carboxylic acids is 2. The molecule has 0 radical (unpaired) electrons. The number of nitrogens with zero attached hydrogens (tertiary/aromatic N) is 2. The molecule has 6 heteroatoms. The lowest BCUT2D eigenvalue weighted by Gasteiger charge is -2.30. The number of ether oxygens (including phenoxy) is 1. The molecule has 0 saturated heterocycles. The van der Waals surface area contributed by atoms with E-state index in [1.807, 2.05) is 42.5 Å². The normalized spacial score (nSPS) is 16.7. The van der Waals surface area contributed by atoms with Crippen LogP contribution in [-0.2, 0) is 29.0 Å². The Kier molecular flexibility index (Phi) is 6.86. The van der Waals surface area contributed by atoms with Gasteiger partial charge in [-0.15, -0.1) is 0 Å². The maximum atomic E-state index is 13.3. The highest BCUT2D eigenvalue weighted by Crippen LogP contribution is 2.29. The van der Waals surface area contributed by atoms with E-state index in [1.165, 1.54) is 12.0 Å². The van der Waals surface area contributed by atoms with Gasteiger partial charge in [-0.25, -0.2) is 4.79 Å². The topological polar surface area (TPSA) is 71.5 Å². The number of fused-ring (bicyclic) bond motifs is 2. The van der Waals surface area contributed by atoms with Crippen molar-refractivity contribution in [1.82, 2.24) is 15.2 Å². The first-order valence-electron chi connectivity index (χ1n) is 12.3. The number of hydrogen-bond donors (Lipinski definition) is 1. The minimum absolute atomic E-state index is 0.195. The highest BCUT2D eigenvalue weighted by atomic mass is 16.5. The number of nitrogens with one attached hydrogen (secondary N) is 1. The molecule has 2 aliphatic rings. The Bertz CT molecular complexity index is 1170. The summed E-state index contributed by atoms with van der Waals surface area (Å²) in [5, 5.41) is 3.80. The molecule has 0 unspecified atom stereocenters. The summed E-state index contributed by atoms with van der Waals surface area (Å²) in [6.45, 7) is 2.06. The highest BCUT2D eigenvalue weighted by Gasteiger charge is 2.27. The molecule has 3 aromatic rings. The maximum Gasteiger partial charge on any atom is 0.339 e. The lowest BCUT2D eigenvalue weighted by molar-refractivity contribution is -0.125. The monoisotopic (exact) mass is 457 g/mol. The maximum absolute atomic E-state index is 13.3. The second-order valence-electron chi connectivity index (χ2n) is 9.35. The summed E-state index contributed by atoms with van der Waals surface area (Å²) in [6, 6.07) is 18.2. The van der Waals surface area contributed by atoms with Crippen molar-refractivity contribution in [2.24, 2.45) is 0 Å². The van der Waals surface area contributed by atoms with Crippen LogP contribution in [0.2, 0.25) is 0 Å². The Labute approximate surface area is 200 Å². The van der Waals surface area contributed by atoms with Gasteiger partial charge in [0.05, 0.1) is 11.1 Å². The molecule has 176 valence electrons. The van der Waals surface area contributed by atoms with Gasteiger partial charge in [0, 0.05) is 48.7 Å². The van der Waals surface area contributed by atoms with Crippen LogP contribution in [0, 0.1) is 0 Å². The summed E-state index contributed by atoms with van der Waals surface area (Å²) < 4.78 is 5.56. The minimum atomic E-state index is -0.449. The van der Waals surface area contributed by atoms with Crippen LogP contribution in [0.5, 0.6) is 0 Å². The number of esters is 1. The molecule has 1 saturated carbocycles. The van der Waals surface area contributed by atoms with E-state index in [0.29, 0.717) is 12.1 Å². The van der Waals surface area contributed by atoms with Gasteiger partial charge in [0.2, 0.25) is 0 Å². The summed E-state index contributed by atoms with van der Waals surface area (Å²) >= 11 is 0. The third kappa shape index (κ3) is 5.12. The quantitative estimate of drug-likeness (QED) is 0.556. The van der Waals surface area contributed by atoms with Gasteiger partial charge < -0.3 is 10.1 Å². The Morgan fingerprint density at radius 3 is 2.59 bits per heavy atom. The van der Waals surface area contributed by atoms with E-state index in [-0.39, 0.29) is 18.6 Å². The van der Waals surface area contributed by atoms with Crippen LogP contribution in [0.15, 0.2) is 54.6 Å². The van der Waals surface area contributed by atoms with Gasteiger partial charge in [0.15, 0.2) is 6.61 Å². The molecule has 2 heterocycles. The molecule has 0 spiro atoms. The molecule has 2 aromatic carbocycles. The second-order valence-corrected chi connectivity index (χ2v) is 9.35.